The number of nitrogens with zero attached hydrogens (tertiary/aromatic N) is 1. The van der Waals surface area contributed by atoms with Gasteiger partial charge in [-0.15, -0.1) is 0 Å². The topological polar surface area (TPSA) is 49.4 Å². The van der Waals surface area contributed by atoms with Crippen molar-refractivity contribution < 1.29 is 0 Å². The van der Waals surface area contributed by atoms with E-state index >= 15 is 0 Å². The van der Waals surface area contributed by atoms with Crippen LogP contribution in [-0.2, 0) is 0 Å². The van der Waals surface area contributed by atoms with E-state index in [1.165, 1.54) is 0 Å². The van der Waals surface area contributed by atoms with Crippen LogP contribution in [0.1, 0.15) is 13.3 Å². The van der Waals surface area contributed by atoms with Crippen molar-refractivity contribution >= 4 is 11.4 Å². The van der Waals surface area contributed by atoms with Gasteiger partial charge >= 0.3 is 0 Å². The summed E-state index contributed by atoms with van der Waals surface area (Å²) in [5, 5.41) is 2.95. The fourth-order valence-corrected chi connectivity index (χ4v) is 1.22. The van der Waals surface area contributed by atoms with Crippen LogP contribution in [0.3, 0.4) is 0 Å². The van der Waals surface area contributed by atoms with Crippen molar-refractivity contribution in [2.24, 2.45) is 0 Å². The van der Waals surface area contributed by atoms with Crippen LogP contribution in [-0.4, -0.2) is 20.6 Å². The largest absolute Gasteiger partial charge is 0.380 e. The molecule has 0 fully saturated rings. The molecule has 0 aliphatic heterocycles. The molecule has 1 aromatic rings. The third-order valence-corrected chi connectivity index (χ3v) is 1.88. The minimum Gasteiger partial charge on any atom is -0.380 e. The molecule has 0 saturated carbocycles. The average Bonchev–Trinajstić information content (AvgIpc) is 2.09. The highest BCUT2D eigenvalue weighted by Crippen LogP contribution is 2.16. The average molecular weight is 182 g/mol. The van der Waals surface area contributed by atoms with E-state index in [1.54, 1.807) is 19.0 Å². The Kier molecular flexibility index (Phi) is 2.70. The standard InChI is InChI=1S/C9H14N2O2/c1-4-5-10-6-7(11(2)3)9(13)8(6)12/h10H,4-5H2,1-3H3. The first-order chi connectivity index (χ1) is 6.09. The van der Waals surface area contributed by atoms with Gasteiger partial charge in [-0.3, -0.25) is 9.59 Å². The Balaban J connectivity index is 2.89. The zero-order chi connectivity index (χ0) is 10.0. The maximum atomic E-state index is 11.1. The van der Waals surface area contributed by atoms with Crippen molar-refractivity contribution in [1.82, 2.24) is 0 Å². The number of nitrogens with one attached hydrogen (secondary N) is 1. The third-order valence-electron chi connectivity index (χ3n) is 1.88. The molecule has 0 aromatic heterocycles. The molecule has 0 amide bonds. The lowest BCUT2D eigenvalue weighted by Crippen LogP contribution is -2.40. The van der Waals surface area contributed by atoms with Crippen LogP contribution in [0.4, 0.5) is 11.4 Å². The normalized spacial score (nSPS) is 10.4. The summed E-state index contributed by atoms with van der Waals surface area (Å²) >= 11 is 0. The van der Waals surface area contributed by atoms with E-state index in [4.69, 9.17) is 0 Å². The lowest BCUT2D eigenvalue weighted by molar-refractivity contribution is 0.967. The lowest BCUT2D eigenvalue weighted by atomic mass is 10.2. The van der Waals surface area contributed by atoms with Gasteiger partial charge in [0.15, 0.2) is 0 Å². The summed E-state index contributed by atoms with van der Waals surface area (Å²) in [6.45, 7) is 2.74. The molecule has 0 radical (unpaired) electrons. The van der Waals surface area contributed by atoms with Crippen molar-refractivity contribution in [2.75, 3.05) is 30.9 Å². The van der Waals surface area contributed by atoms with E-state index in [0.717, 1.165) is 13.0 Å². The van der Waals surface area contributed by atoms with Crippen molar-refractivity contribution in [1.29, 1.82) is 0 Å². The molecule has 13 heavy (non-hydrogen) atoms. The van der Waals surface area contributed by atoms with Crippen molar-refractivity contribution in [3.63, 3.8) is 0 Å². The maximum absolute atomic E-state index is 11.1. The summed E-state index contributed by atoms with van der Waals surface area (Å²) in [6, 6.07) is 0. The number of anilines is 2. The van der Waals surface area contributed by atoms with Crippen LogP contribution >= 0.6 is 0 Å². The van der Waals surface area contributed by atoms with Gasteiger partial charge in [-0.05, 0) is 6.42 Å². The van der Waals surface area contributed by atoms with Crippen LogP contribution in [0.15, 0.2) is 9.59 Å². The predicted octanol–water partition coefficient (Wildman–Crippen LogP) is 0.171. The van der Waals surface area contributed by atoms with Gasteiger partial charge in [0.1, 0.15) is 11.4 Å². The number of rotatable bonds is 4. The molecule has 0 atom stereocenters. The SMILES string of the molecule is CCCNc1c(N(C)C)c(=O)c1=O. The molecule has 1 aromatic carbocycles. The van der Waals surface area contributed by atoms with Crippen molar-refractivity contribution in [2.45, 2.75) is 13.3 Å². The molecule has 0 spiro atoms. The van der Waals surface area contributed by atoms with Gasteiger partial charge in [-0.2, -0.15) is 0 Å². The van der Waals surface area contributed by atoms with Gasteiger partial charge < -0.3 is 10.2 Å². The quantitative estimate of drug-likeness (QED) is 0.674. The lowest BCUT2D eigenvalue weighted by Gasteiger charge is -2.18. The smallest absolute Gasteiger partial charge is 0.253 e. The highest BCUT2D eigenvalue weighted by Gasteiger charge is 2.21. The molecule has 0 saturated heterocycles. The minimum absolute atomic E-state index is 0.386. The summed E-state index contributed by atoms with van der Waals surface area (Å²) in [5.74, 6) is 0. The molecular weight excluding hydrogens is 168 g/mol. The van der Waals surface area contributed by atoms with Crippen LogP contribution in [0.5, 0.6) is 0 Å². The van der Waals surface area contributed by atoms with E-state index in [0.29, 0.717) is 11.4 Å². The van der Waals surface area contributed by atoms with E-state index in [1.807, 2.05) is 6.92 Å². The van der Waals surface area contributed by atoms with Gasteiger partial charge in [0, 0.05) is 20.6 Å². The highest BCUT2D eigenvalue weighted by atomic mass is 16.2. The van der Waals surface area contributed by atoms with Crippen molar-refractivity contribution in [3.05, 3.63) is 20.4 Å². The Morgan fingerprint density at radius 3 is 2.31 bits per heavy atom. The summed E-state index contributed by atoms with van der Waals surface area (Å²) in [5.41, 5.74) is 0.191. The first-order valence-corrected chi connectivity index (χ1v) is 4.34. The number of hydrogen-bond donors (Lipinski definition) is 1. The molecule has 0 aliphatic rings. The zero-order valence-corrected chi connectivity index (χ0v) is 8.18. The summed E-state index contributed by atoms with van der Waals surface area (Å²) in [7, 11) is 3.51. The Bertz CT molecular complexity index is 361. The molecule has 0 unspecified atom stereocenters. The predicted molar refractivity (Wildman–Crippen MR) is 54.5 cm³/mol. The molecule has 0 aliphatic carbocycles. The van der Waals surface area contributed by atoms with Gasteiger partial charge in [0.25, 0.3) is 10.9 Å². The Morgan fingerprint density at radius 2 is 1.85 bits per heavy atom. The van der Waals surface area contributed by atoms with E-state index in [2.05, 4.69) is 5.32 Å². The molecule has 1 N–H and O–H groups in total. The second-order valence-corrected chi connectivity index (χ2v) is 3.20. The van der Waals surface area contributed by atoms with Crippen LogP contribution in [0, 0.1) is 0 Å². The molecule has 72 valence electrons. The first-order valence-electron chi connectivity index (χ1n) is 4.34. The van der Waals surface area contributed by atoms with Crippen molar-refractivity contribution in [3.8, 4) is 0 Å². The Hall–Kier alpha value is -1.32. The zero-order valence-electron chi connectivity index (χ0n) is 8.18. The number of hydrogen-bond acceptors (Lipinski definition) is 4. The highest BCUT2D eigenvalue weighted by molar-refractivity contribution is 5.74. The molecule has 0 heterocycles. The summed E-state index contributed by atoms with van der Waals surface area (Å²) < 4.78 is 0. The van der Waals surface area contributed by atoms with Gasteiger partial charge in [-0.1, -0.05) is 6.92 Å². The molecular formula is C9H14N2O2. The molecule has 4 heteroatoms. The molecule has 4 nitrogen and oxygen atoms in total. The van der Waals surface area contributed by atoms with Gasteiger partial charge in [0.05, 0.1) is 0 Å². The first kappa shape index (κ1) is 9.77. The monoisotopic (exact) mass is 182 g/mol. The fraction of sp³-hybridized carbons (Fsp3) is 0.556. The minimum atomic E-state index is -0.392. The molecule has 1 rings (SSSR count). The van der Waals surface area contributed by atoms with E-state index in [-0.39, 0.29) is 5.43 Å². The summed E-state index contributed by atoms with van der Waals surface area (Å²) in [4.78, 5) is 23.8. The van der Waals surface area contributed by atoms with Crippen LogP contribution in [0.25, 0.3) is 0 Å². The third kappa shape index (κ3) is 1.56. The van der Waals surface area contributed by atoms with Gasteiger partial charge in [-0.25, -0.2) is 0 Å². The summed E-state index contributed by atoms with van der Waals surface area (Å²) in [6.07, 6.45) is 0.936. The van der Waals surface area contributed by atoms with E-state index in [9.17, 15) is 9.59 Å². The second-order valence-electron chi connectivity index (χ2n) is 3.20. The Morgan fingerprint density at radius 1 is 1.23 bits per heavy atom. The van der Waals surface area contributed by atoms with E-state index < -0.39 is 5.43 Å². The fourth-order valence-electron chi connectivity index (χ4n) is 1.22. The Labute approximate surface area is 76.9 Å². The molecule has 0 bridgehead atoms. The second kappa shape index (κ2) is 3.60. The van der Waals surface area contributed by atoms with Crippen LogP contribution in [0.2, 0.25) is 0 Å². The van der Waals surface area contributed by atoms with Crippen LogP contribution < -0.4 is 21.1 Å². The maximum Gasteiger partial charge on any atom is 0.253 e. The van der Waals surface area contributed by atoms with Gasteiger partial charge in [0.2, 0.25) is 0 Å².